The Bertz CT molecular complexity index is 1800. The molecule has 0 aliphatic carbocycles. The molecular formula is C33H22N2O. The fourth-order valence-electron chi connectivity index (χ4n) is 4.90. The van der Waals surface area contributed by atoms with Gasteiger partial charge in [-0.25, -0.2) is 4.98 Å². The van der Waals surface area contributed by atoms with Gasteiger partial charge in [0.25, 0.3) is 0 Å². The van der Waals surface area contributed by atoms with Crippen LogP contribution >= 0.6 is 0 Å². The summed E-state index contributed by atoms with van der Waals surface area (Å²) < 4.78 is 6.00. The van der Waals surface area contributed by atoms with Crippen LogP contribution in [0.1, 0.15) is 0 Å². The standard InChI is InChI=1S/C33H22N2O/c1-2-12-27(13-3-1)35(31-15-8-11-26-21-24-9-4-5-10-25(24)22-29(26)31)28-19-17-23(18-20-28)33-34-30-14-6-7-16-32(30)36-33/h1-22H. The summed E-state index contributed by atoms with van der Waals surface area (Å²) in [5.74, 6) is 0.630. The van der Waals surface area contributed by atoms with Crippen molar-refractivity contribution in [2.45, 2.75) is 0 Å². The van der Waals surface area contributed by atoms with Gasteiger partial charge in [0.05, 0.1) is 5.69 Å². The molecule has 0 N–H and O–H groups in total. The first-order valence-corrected chi connectivity index (χ1v) is 12.1. The summed E-state index contributed by atoms with van der Waals surface area (Å²) in [6.45, 7) is 0. The van der Waals surface area contributed by atoms with Crippen molar-refractivity contribution < 1.29 is 4.42 Å². The second kappa shape index (κ2) is 8.40. The molecule has 7 rings (SSSR count). The topological polar surface area (TPSA) is 29.3 Å². The molecule has 0 bridgehead atoms. The Labute approximate surface area is 208 Å². The summed E-state index contributed by atoms with van der Waals surface area (Å²) in [7, 11) is 0. The maximum Gasteiger partial charge on any atom is 0.227 e. The van der Waals surface area contributed by atoms with Crippen molar-refractivity contribution in [1.29, 1.82) is 0 Å². The lowest BCUT2D eigenvalue weighted by Gasteiger charge is -2.27. The average Bonchev–Trinajstić information content (AvgIpc) is 3.38. The van der Waals surface area contributed by atoms with Crippen molar-refractivity contribution >= 4 is 49.7 Å². The third kappa shape index (κ3) is 3.50. The van der Waals surface area contributed by atoms with Gasteiger partial charge in [-0.1, -0.05) is 66.7 Å². The van der Waals surface area contributed by atoms with Crippen molar-refractivity contribution in [1.82, 2.24) is 4.98 Å². The summed E-state index contributed by atoms with van der Waals surface area (Å²) in [5.41, 5.74) is 5.93. The highest BCUT2D eigenvalue weighted by Crippen LogP contribution is 2.40. The second-order valence-corrected chi connectivity index (χ2v) is 8.90. The maximum absolute atomic E-state index is 6.00. The molecule has 0 saturated heterocycles. The molecule has 0 radical (unpaired) electrons. The number of oxazole rings is 1. The first-order chi connectivity index (χ1) is 17.8. The van der Waals surface area contributed by atoms with Crippen LogP contribution in [-0.4, -0.2) is 4.98 Å². The third-order valence-corrected chi connectivity index (χ3v) is 6.65. The lowest BCUT2D eigenvalue weighted by molar-refractivity contribution is 0.620. The van der Waals surface area contributed by atoms with E-state index in [0.29, 0.717) is 5.89 Å². The van der Waals surface area contributed by atoms with Crippen LogP contribution in [0.25, 0.3) is 44.1 Å². The number of fused-ring (bicyclic) bond motifs is 3. The summed E-state index contributed by atoms with van der Waals surface area (Å²) in [4.78, 5) is 6.98. The molecule has 36 heavy (non-hydrogen) atoms. The van der Waals surface area contributed by atoms with E-state index in [1.165, 1.54) is 21.5 Å². The van der Waals surface area contributed by atoms with Crippen molar-refractivity contribution in [3.63, 3.8) is 0 Å². The minimum atomic E-state index is 0.630. The zero-order valence-electron chi connectivity index (χ0n) is 19.5. The lowest BCUT2D eigenvalue weighted by atomic mass is 10.0. The number of hydrogen-bond donors (Lipinski definition) is 0. The van der Waals surface area contributed by atoms with E-state index in [4.69, 9.17) is 4.42 Å². The zero-order chi connectivity index (χ0) is 23.9. The number of benzene rings is 6. The first-order valence-electron chi connectivity index (χ1n) is 12.1. The number of para-hydroxylation sites is 3. The predicted molar refractivity (Wildman–Crippen MR) is 149 cm³/mol. The highest BCUT2D eigenvalue weighted by Gasteiger charge is 2.16. The van der Waals surface area contributed by atoms with Crippen molar-refractivity contribution in [3.8, 4) is 11.5 Å². The Hall–Kier alpha value is -4.89. The third-order valence-electron chi connectivity index (χ3n) is 6.65. The van der Waals surface area contributed by atoms with Crippen LogP contribution in [0.4, 0.5) is 17.1 Å². The largest absolute Gasteiger partial charge is 0.436 e. The van der Waals surface area contributed by atoms with Gasteiger partial charge in [0.2, 0.25) is 5.89 Å². The van der Waals surface area contributed by atoms with Crippen LogP contribution in [0.5, 0.6) is 0 Å². The molecule has 0 atom stereocenters. The Morgan fingerprint density at radius 3 is 2.00 bits per heavy atom. The van der Waals surface area contributed by atoms with Gasteiger partial charge in [-0.3, -0.25) is 0 Å². The van der Waals surface area contributed by atoms with Crippen molar-refractivity contribution in [2.24, 2.45) is 0 Å². The molecule has 1 heterocycles. The van der Waals surface area contributed by atoms with Crippen LogP contribution in [0.3, 0.4) is 0 Å². The minimum Gasteiger partial charge on any atom is -0.436 e. The molecule has 3 heteroatoms. The minimum absolute atomic E-state index is 0.630. The van der Waals surface area contributed by atoms with Gasteiger partial charge < -0.3 is 9.32 Å². The quantitative estimate of drug-likeness (QED) is 0.244. The van der Waals surface area contributed by atoms with Gasteiger partial charge >= 0.3 is 0 Å². The van der Waals surface area contributed by atoms with Gasteiger partial charge in [0.1, 0.15) is 5.52 Å². The number of nitrogens with zero attached hydrogens (tertiary/aromatic N) is 2. The number of hydrogen-bond acceptors (Lipinski definition) is 3. The van der Waals surface area contributed by atoms with Gasteiger partial charge in [0.15, 0.2) is 5.58 Å². The molecule has 6 aromatic carbocycles. The molecule has 0 aliphatic rings. The van der Waals surface area contributed by atoms with Crippen LogP contribution in [0.15, 0.2) is 138 Å². The highest BCUT2D eigenvalue weighted by atomic mass is 16.3. The summed E-state index contributed by atoms with van der Waals surface area (Å²) in [6.07, 6.45) is 0. The SMILES string of the molecule is c1ccc(N(c2ccc(-c3nc4ccccc4o3)cc2)c2cccc3cc4ccccc4cc23)cc1. The summed E-state index contributed by atoms with van der Waals surface area (Å²) in [5, 5.41) is 4.91. The fourth-order valence-corrected chi connectivity index (χ4v) is 4.90. The van der Waals surface area contributed by atoms with Crippen LogP contribution in [0.2, 0.25) is 0 Å². The molecular weight excluding hydrogens is 440 g/mol. The molecule has 0 saturated carbocycles. The molecule has 0 amide bonds. The number of rotatable bonds is 4. The molecule has 0 aliphatic heterocycles. The second-order valence-electron chi connectivity index (χ2n) is 8.90. The average molecular weight is 463 g/mol. The Morgan fingerprint density at radius 2 is 1.19 bits per heavy atom. The molecule has 3 nitrogen and oxygen atoms in total. The summed E-state index contributed by atoms with van der Waals surface area (Å²) >= 11 is 0. The predicted octanol–water partition coefficient (Wildman–Crippen LogP) is 9.27. The van der Waals surface area contributed by atoms with Crippen molar-refractivity contribution in [3.05, 3.63) is 133 Å². The number of anilines is 3. The van der Waals surface area contributed by atoms with Gasteiger partial charge in [0, 0.05) is 22.3 Å². The van der Waals surface area contributed by atoms with E-state index in [-0.39, 0.29) is 0 Å². The van der Waals surface area contributed by atoms with Gasteiger partial charge in [-0.05, 0) is 82.9 Å². The zero-order valence-corrected chi connectivity index (χ0v) is 19.5. The first kappa shape index (κ1) is 20.5. The molecule has 170 valence electrons. The van der Waals surface area contributed by atoms with E-state index in [9.17, 15) is 0 Å². The molecule has 1 aromatic heterocycles. The van der Waals surface area contributed by atoms with E-state index < -0.39 is 0 Å². The Kier molecular flexibility index (Phi) is 4.78. The smallest absolute Gasteiger partial charge is 0.227 e. The molecule has 0 fully saturated rings. The van der Waals surface area contributed by atoms with Crippen LogP contribution in [-0.2, 0) is 0 Å². The molecule has 0 unspecified atom stereocenters. The van der Waals surface area contributed by atoms with E-state index in [1.807, 2.05) is 24.3 Å². The van der Waals surface area contributed by atoms with Gasteiger partial charge in [-0.2, -0.15) is 0 Å². The van der Waals surface area contributed by atoms with E-state index in [2.05, 4.69) is 119 Å². The Balaban J connectivity index is 1.38. The molecule has 7 aromatic rings. The monoisotopic (exact) mass is 462 g/mol. The molecule has 0 spiro atoms. The lowest BCUT2D eigenvalue weighted by Crippen LogP contribution is -2.10. The highest BCUT2D eigenvalue weighted by molar-refractivity contribution is 6.06. The van der Waals surface area contributed by atoms with E-state index >= 15 is 0 Å². The van der Waals surface area contributed by atoms with E-state index in [0.717, 1.165) is 33.7 Å². The van der Waals surface area contributed by atoms with Gasteiger partial charge in [-0.15, -0.1) is 0 Å². The fraction of sp³-hybridized carbons (Fsp3) is 0. The Morgan fingerprint density at radius 1 is 0.528 bits per heavy atom. The normalized spacial score (nSPS) is 11.3. The number of aromatic nitrogens is 1. The maximum atomic E-state index is 6.00. The van der Waals surface area contributed by atoms with E-state index in [1.54, 1.807) is 0 Å². The summed E-state index contributed by atoms with van der Waals surface area (Å²) in [6, 6.07) is 46.4. The van der Waals surface area contributed by atoms with Crippen LogP contribution < -0.4 is 4.90 Å². The van der Waals surface area contributed by atoms with Crippen LogP contribution in [0, 0.1) is 0 Å². The van der Waals surface area contributed by atoms with Crippen molar-refractivity contribution in [2.75, 3.05) is 4.90 Å².